The van der Waals surface area contributed by atoms with E-state index in [-0.39, 0.29) is 0 Å². The van der Waals surface area contributed by atoms with Gasteiger partial charge in [-0.15, -0.1) is 0 Å². The fraction of sp³-hybridized carbons (Fsp3) is 0. The Hall–Kier alpha value is -7.75. The van der Waals surface area contributed by atoms with E-state index < -0.39 is 0 Å². The number of rotatable bonds is 6. The van der Waals surface area contributed by atoms with Crippen LogP contribution in [0, 0.1) is 0 Å². The lowest BCUT2D eigenvalue weighted by atomic mass is 9.97. The van der Waals surface area contributed by atoms with Crippen molar-refractivity contribution in [1.29, 1.82) is 0 Å². The molecular weight excluding hydrogens is 703 g/mol. The highest BCUT2D eigenvalue weighted by Gasteiger charge is 2.31. The Morgan fingerprint density at radius 1 is 0.328 bits per heavy atom. The van der Waals surface area contributed by atoms with E-state index in [4.69, 9.17) is 4.98 Å². The molecule has 272 valence electrons. The quantitative estimate of drug-likeness (QED) is 0.169. The Kier molecular flexibility index (Phi) is 8.15. The highest BCUT2D eigenvalue weighted by atomic mass is 15.2. The summed E-state index contributed by atoms with van der Waals surface area (Å²) in [5.74, 6) is 0. The van der Waals surface area contributed by atoms with Crippen LogP contribution >= 0.6 is 0 Å². The maximum absolute atomic E-state index is 5.24. The predicted molar refractivity (Wildman–Crippen MR) is 242 cm³/mol. The maximum atomic E-state index is 5.24. The number of aromatic nitrogens is 2. The molecule has 0 saturated heterocycles. The number of anilines is 3. The van der Waals surface area contributed by atoms with E-state index in [1.165, 1.54) is 38.9 Å². The highest BCUT2D eigenvalue weighted by Crippen LogP contribution is 2.54. The third-order valence-corrected chi connectivity index (χ3v) is 11.3. The lowest BCUT2D eigenvalue weighted by Crippen LogP contribution is -2.11. The molecule has 0 amide bonds. The fourth-order valence-corrected chi connectivity index (χ4v) is 8.68. The van der Waals surface area contributed by atoms with E-state index in [0.717, 1.165) is 62.0 Å². The number of fused-ring (bicyclic) bond motifs is 7. The van der Waals surface area contributed by atoms with Crippen LogP contribution in [0.15, 0.2) is 224 Å². The molecule has 1 aliphatic rings. The molecule has 0 bridgehead atoms. The van der Waals surface area contributed by atoms with Crippen LogP contribution in [0.2, 0.25) is 0 Å². The Balaban J connectivity index is 1.07. The van der Waals surface area contributed by atoms with Gasteiger partial charge in [0, 0.05) is 44.6 Å². The summed E-state index contributed by atoms with van der Waals surface area (Å²) >= 11 is 0. The lowest BCUT2D eigenvalue weighted by Gasteiger charge is -2.28. The van der Waals surface area contributed by atoms with Crippen LogP contribution in [-0.4, -0.2) is 9.55 Å². The molecule has 3 nitrogen and oxygen atoms in total. The zero-order valence-electron chi connectivity index (χ0n) is 31.7. The molecule has 0 saturated carbocycles. The van der Waals surface area contributed by atoms with Crippen LogP contribution in [0.1, 0.15) is 0 Å². The topological polar surface area (TPSA) is 21.1 Å². The summed E-state index contributed by atoms with van der Waals surface area (Å²) in [4.78, 5) is 7.68. The molecule has 10 aromatic rings. The molecule has 0 radical (unpaired) electrons. The molecule has 2 aromatic heterocycles. The fourth-order valence-electron chi connectivity index (χ4n) is 8.68. The summed E-state index contributed by atoms with van der Waals surface area (Å²) in [7, 11) is 0. The second-order valence-electron chi connectivity index (χ2n) is 14.8. The monoisotopic (exact) mass is 739 g/mol. The van der Waals surface area contributed by atoms with Crippen molar-refractivity contribution < 1.29 is 0 Å². The summed E-state index contributed by atoms with van der Waals surface area (Å²) in [6, 6.07) is 80.5. The standard InChI is InChI=1S/C55H37N3/c1-4-18-38(19-5-1)43-36-49(39-20-6-2-7-21-39)56-50(37-43)42-24-16-22-40(34-42)41-23-17-27-45(35-41)57-51-31-13-10-28-46(51)54-47-29-11-14-32-52(47)58(44-25-8-3-9-26-44)55(54)48-30-12-15-33-53(48)57/h1-37H. The van der Waals surface area contributed by atoms with Crippen LogP contribution in [0.3, 0.4) is 0 Å². The molecular formula is C55H37N3. The second kappa shape index (κ2) is 14.1. The van der Waals surface area contributed by atoms with Gasteiger partial charge in [0.15, 0.2) is 0 Å². The minimum absolute atomic E-state index is 0.942. The van der Waals surface area contributed by atoms with E-state index in [1.807, 2.05) is 6.07 Å². The van der Waals surface area contributed by atoms with Crippen molar-refractivity contribution in [3.8, 4) is 72.8 Å². The molecule has 0 spiro atoms. The molecule has 0 atom stereocenters. The Morgan fingerprint density at radius 3 is 1.60 bits per heavy atom. The van der Waals surface area contributed by atoms with E-state index >= 15 is 0 Å². The van der Waals surface area contributed by atoms with Crippen molar-refractivity contribution in [2.24, 2.45) is 0 Å². The summed E-state index contributed by atoms with van der Waals surface area (Å²) in [6.45, 7) is 0. The second-order valence-corrected chi connectivity index (χ2v) is 14.8. The Labute approximate surface area is 338 Å². The van der Waals surface area contributed by atoms with Crippen molar-refractivity contribution in [3.05, 3.63) is 224 Å². The van der Waals surface area contributed by atoms with Crippen LogP contribution in [-0.2, 0) is 0 Å². The Morgan fingerprint density at radius 2 is 0.845 bits per heavy atom. The average Bonchev–Trinajstić information content (AvgIpc) is 3.59. The molecule has 1 aliphatic heterocycles. The van der Waals surface area contributed by atoms with Crippen LogP contribution < -0.4 is 4.90 Å². The van der Waals surface area contributed by atoms with Gasteiger partial charge in [-0.1, -0.05) is 164 Å². The van der Waals surface area contributed by atoms with E-state index in [2.05, 4.69) is 228 Å². The van der Waals surface area contributed by atoms with Crippen LogP contribution in [0.5, 0.6) is 0 Å². The number of nitrogens with zero attached hydrogens (tertiary/aromatic N) is 3. The minimum Gasteiger partial charge on any atom is -0.309 e. The van der Waals surface area contributed by atoms with Gasteiger partial charge in [0.05, 0.1) is 34.0 Å². The van der Waals surface area contributed by atoms with Crippen molar-refractivity contribution in [1.82, 2.24) is 9.55 Å². The van der Waals surface area contributed by atoms with E-state index in [9.17, 15) is 0 Å². The molecule has 3 heterocycles. The van der Waals surface area contributed by atoms with Gasteiger partial charge >= 0.3 is 0 Å². The molecule has 58 heavy (non-hydrogen) atoms. The number of hydrogen-bond acceptors (Lipinski definition) is 2. The van der Waals surface area contributed by atoms with Crippen molar-refractivity contribution in [3.63, 3.8) is 0 Å². The first-order chi connectivity index (χ1) is 28.8. The third-order valence-electron chi connectivity index (χ3n) is 11.3. The molecule has 3 heteroatoms. The van der Waals surface area contributed by atoms with E-state index in [1.54, 1.807) is 0 Å². The highest BCUT2D eigenvalue weighted by molar-refractivity contribution is 6.13. The summed E-state index contributed by atoms with van der Waals surface area (Å²) in [6.07, 6.45) is 0. The normalized spacial score (nSPS) is 11.8. The molecule has 8 aromatic carbocycles. The van der Waals surface area contributed by atoms with Crippen molar-refractivity contribution in [2.75, 3.05) is 4.90 Å². The molecule has 0 unspecified atom stereocenters. The summed E-state index contributed by atoms with van der Waals surface area (Å²) < 4.78 is 2.44. The summed E-state index contributed by atoms with van der Waals surface area (Å²) in [5.41, 5.74) is 19.2. The van der Waals surface area contributed by atoms with Gasteiger partial charge in [0.2, 0.25) is 0 Å². The number of para-hydroxylation sites is 4. The smallest absolute Gasteiger partial charge is 0.0715 e. The van der Waals surface area contributed by atoms with Crippen molar-refractivity contribution in [2.45, 2.75) is 0 Å². The molecule has 0 aliphatic carbocycles. The largest absolute Gasteiger partial charge is 0.309 e. The first kappa shape index (κ1) is 33.6. The third kappa shape index (κ3) is 5.72. The van der Waals surface area contributed by atoms with Gasteiger partial charge in [-0.2, -0.15) is 0 Å². The van der Waals surface area contributed by atoms with Crippen molar-refractivity contribution >= 4 is 28.0 Å². The first-order valence-corrected chi connectivity index (χ1v) is 19.8. The average molecular weight is 740 g/mol. The van der Waals surface area contributed by atoms with Gasteiger partial charge in [-0.05, 0) is 82.9 Å². The zero-order valence-corrected chi connectivity index (χ0v) is 31.7. The predicted octanol–water partition coefficient (Wildman–Crippen LogP) is 14.8. The molecule has 0 fully saturated rings. The van der Waals surface area contributed by atoms with Gasteiger partial charge in [0.1, 0.15) is 0 Å². The van der Waals surface area contributed by atoms with Gasteiger partial charge in [-0.25, -0.2) is 4.98 Å². The molecule has 0 N–H and O–H groups in total. The minimum atomic E-state index is 0.942. The zero-order chi connectivity index (χ0) is 38.4. The van der Waals surface area contributed by atoms with Gasteiger partial charge < -0.3 is 9.47 Å². The van der Waals surface area contributed by atoms with Crippen LogP contribution in [0.4, 0.5) is 17.1 Å². The maximum Gasteiger partial charge on any atom is 0.0715 e. The van der Waals surface area contributed by atoms with Gasteiger partial charge in [0.25, 0.3) is 0 Å². The lowest BCUT2D eigenvalue weighted by molar-refractivity contribution is 1.13. The first-order valence-electron chi connectivity index (χ1n) is 19.8. The van der Waals surface area contributed by atoms with Crippen LogP contribution in [0.25, 0.3) is 83.7 Å². The van der Waals surface area contributed by atoms with E-state index in [0.29, 0.717) is 0 Å². The number of benzene rings is 8. The Bertz CT molecular complexity index is 3050. The number of hydrogen-bond donors (Lipinski definition) is 0. The molecule has 11 rings (SSSR count). The van der Waals surface area contributed by atoms with Gasteiger partial charge in [-0.3, -0.25) is 0 Å². The SMILES string of the molecule is c1ccc(-c2cc(-c3ccccc3)nc(-c3cccc(-c4cccc(N5c6ccccc6-c6c(n(-c7ccccc7)c7ccccc67)-c6ccccc65)c4)c3)c2)cc1. The number of pyridine rings is 1. The summed E-state index contributed by atoms with van der Waals surface area (Å²) in [5, 5.41) is 1.23.